The van der Waals surface area contributed by atoms with Crippen LogP contribution in [0.3, 0.4) is 0 Å². The zero-order valence-corrected chi connectivity index (χ0v) is 7.52. The van der Waals surface area contributed by atoms with Gasteiger partial charge in [0.2, 0.25) is 0 Å². The molecular weight excluding hydrogens is 217 g/mol. The third-order valence-electron chi connectivity index (χ3n) is 1.48. The monoisotopic (exact) mass is 220 g/mol. The second-order valence-corrected chi connectivity index (χ2v) is 2.86. The number of rotatable bonds is 1. The summed E-state index contributed by atoms with van der Waals surface area (Å²) in [5, 5.41) is 8.06. The summed E-state index contributed by atoms with van der Waals surface area (Å²) < 4.78 is 37.0. The van der Waals surface area contributed by atoms with Crippen molar-refractivity contribution >= 4 is 11.6 Å². The van der Waals surface area contributed by atoms with Crippen molar-refractivity contribution in [3.8, 4) is 6.07 Å². The fourth-order valence-electron chi connectivity index (χ4n) is 0.937. The lowest BCUT2D eigenvalue weighted by molar-refractivity contribution is -0.141. The number of pyridine rings is 1. The molecule has 1 rings (SSSR count). The number of hydrogen-bond acceptors (Lipinski definition) is 2. The van der Waals surface area contributed by atoms with Gasteiger partial charge in [-0.05, 0) is 11.6 Å². The van der Waals surface area contributed by atoms with E-state index in [4.69, 9.17) is 16.9 Å². The van der Waals surface area contributed by atoms with Crippen LogP contribution in [0.2, 0.25) is 5.15 Å². The molecule has 0 aromatic carbocycles. The molecule has 0 aliphatic heterocycles. The van der Waals surface area contributed by atoms with Crippen LogP contribution in [0, 0.1) is 11.3 Å². The average molecular weight is 221 g/mol. The summed E-state index contributed by atoms with van der Waals surface area (Å²) in [7, 11) is 0. The largest absolute Gasteiger partial charge is 0.433 e. The molecule has 0 saturated carbocycles. The smallest absolute Gasteiger partial charge is 0.231 e. The van der Waals surface area contributed by atoms with Gasteiger partial charge in [-0.2, -0.15) is 18.4 Å². The highest BCUT2D eigenvalue weighted by Gasteiger charge is 2.35. The van der Waals surface area contributed by atoms with Crippen molar-refractivity contribution in [3.05, 3.63) is 28.5 Å². The molecule has 0 bridgehead atoms. The van der Waals surface area contributed by atoms with Gasteiger partial charge >= 0.3 is 6.18 Å². The Hall–Kier alpha value is -1.28. The second kappa shape index (κ2) is 3.84. The van der Waals surface area contributed by atoms with Crippen LogP contribution in [0.1, 0.15) is 11.3 Å². The molecule has 6 heteroatoms. The van der Waals surface area contributed by atoms with E-state index in [0.717, 1.165) is 6.07 Å². The standard InChI is InChI=1S/C8H4ClF3N2/c9-6-2-1-5(3-4-13)7(14-6)8(10,11)12/h1-2H,3H2. The second-order valence-electron chi connectivity index (χ2n) is 2.47. The molecule has 1 aromatic heterocycles. The van der Waals surface area contributed by atoms with Crippen molar-refractivity contribution in [2.24, 2.45) is 0 Å². The van der Waals surface area contributed by atoms with Gasteiger partial charge in [-0.25, -0.2) is 4.98 Å². The highest BCUT2D eigenvalue weighted by atomic mass is 35.5. The molecule has 14 heavy (non-hydrogen) atoms. The molecule has 0 radical (unpaired) electrons. The summed E-state index contributed by atoms with van der Waals surface area (Å²) >= 11 is 5.33. The van der Waals surface area contributed by atoms with E-state index in [2.05, 4.69) is 4.98 Å². The van der Waals surface area contributed by atoms with E-state index in [-0.39, 0.29) is 17.1 Å². The van der Waals surface area contributed by atoms with Gasteiger partial charge < -0.3 is 0 Å². The van der Waals surface area contributed by atoms with Gasteiger partial charge in [0, 0.05) is 0 Å². The molecule has 0 aliphatic carbocycles. The van der Waals surface area contributed by atoms with Crippen molar-refractivity contribution in [1.82, 2.24) is 4.98 Å². The van der Waals surface area contributed by atoms with E-state index in [0.29, 0.717) is 0 Å². The van der Waals surface area contributed by atoms with Gasteiger partial charge in [-0.1, -0.05) is 17.7 Å². The van der Waals surface area contributed by atoms with E-state index < -0.39 is 11.9 Å². The quantitative estimate of drug-likeness (QED) is 0.683. The normalized spacial score (nSPS) is 11.1. The average Bonchev–Trinajstić information content (AvgIpc) is 2.07. The van der Waals surface area contributed by atoms with Gasteiger partial charge in [0.25, 0.3) is 0 Å². The minimum atomic E-state index is -4.57. The molecule has 0 saturated heterocycles. The van der Waals surface area contributed by atoms with E-state index in [9.17, 15) is 13.2 Å². The molecule has 0 fully saturated rings. The molecular formula is C8H4ClF3N2. The van der Waals surface area contributed by atoms with E-state index in [1.807, 2.05) is 0 Å². The fourth-order valence-corrected chi connectivity index (χ4v) is 1.08. The van der Waals surface area contributed by atoms with Crippen molar-refractivity contribution in [2.75, 3.05) is 0 Å². The Morgan fingerprint density at radius 3 is 2.57 bits per heavy atom. The van der Waals surface area contributed by atoms with Crippen LogP contribution in [0.15, 0.2) is 12.1 Å². The topological polar surface area (TPSA) is 36.7 Å². The van der Waals surface area contributed by atoms with Crippen LogP contribution in [0.4, 0.5) is 13.2 Å². The number of alkyl halides is 3. The van der Waals surface area contributed by atoms with Gasteiger partial charge in [0.1, 0.15) is 10.8 Å². The summed E-state index contributed by atoms with van der Waals surface area (Å²) in [5.41, 5.74) is -1.25. The summed E-state index contributed by atoms with van der Waals surface area (Å²) in [5.74, 6) is 0. The predicted molar refractivity (Wildman–Crippen MR) is 43.6 cm³/mol. The number of nitrogens with zero attached hydrogens (tertiary/aromatic N) is 2. The molecule has 1 aromatic rings. The molecule has 1 heterocycles. The van der Waals surface area contributed by atoms with E-state index in [1.165, 1.54) is 6.07 Å². The number of halogens is 4. The molecule has 0 atom stereocenters. The Labute approximate surface area is 82.9 Å². The van der Waals surface area contributed by atoms with Gasteiger partial charge in [0.15, 0.2) is 0 Å². The van der Waals surface area contributed by atoms with Crippen molar-refractivity contribution in [1.29, 1.82) is 5.26 Å². The van der Waals surface area contributed by atoms with Gasteiger partial charge in [-0.3, -0.25) is 0 Å². The van der Waals surface area contributed by atoms with Crippen LogP contribution in [0.25, 0.3) is 0 Å². The van der Waals surface area contributed by atoms with Crippen LogP contribution in [-0.2, 0) is 12.6 Å². The van der Waals surface area contributed by atoms with Crippen molar-refractivity contribution in [2.45, 2.75) is 12.6 Å². The number of aromatic nitrogens is 1. The maximum absolute atomic E-state index is 12.3. The fraction of sp³-hybridized carbons (Fsp3) is 0.250. The summed E-state index contributed by atoms with van der Waals surface area (Å²) in [4.78, 5) is 3.15. The summed E-state index contributed by atoms with van der Waals surface area (Å²) in [6, 6.07) is 4.01. The van der Waals surface area contributed by atoms with E-state index in [1.54, 1.807) is 6.07 Å². The first-order valence-electron chi connectivity index (χ1n) is 3.54. The van der Waals surface area contributed by atoms with Gasteiger partial charge in [0.05, 0.1) is 12.5 Å². The lowest BCUT2D eigenvalue weighted by atomic mass is 10.1. The molecule has 0 unspecified atom stereocenters. The molecule has 0 spiro atoms. The van der Waals surface area contributed by atoms with Crippen molar-refractivity contribution in [3.63, 3.8) is 0 Å². The zero-order valence-electron chi connectivity index (χ0n) is 6.77. The number of nitriles is 1. The third kappa shape index (κ3) is 2.36. The SMILES string of the molecule is N#CCc1ccc(Cl)nc1C(F)(F)F. The minimum absolute atomic E-state index is 0.163. The molecule has 74 valence electrons. The predicted octanol–water partition coefficient (Wildman–Crippen LogP) is 2.82. The minimum Gasteiger partial charge on any atom is -0.231 e. The maximum atomic E-state index is 12.3. The lowest BCUT2D eigenvalue weighted by Crippen LogP contribution is -2.11. The third-order valence-corrected chi connectivity index (χ3v) is 1.69. The van der Waals surface area contributed by atoms with Crippen molar-refractivity contribution < 1.29 is 13.2 Å². The Morgan fingerprint density at radius 1 is 1.43 bits per heavy atom. The first-order valence-corrected chi connectivity index (χ1v) is 3.92. The lowest BCUT2D eigenvalue weighted by Gasteiger charge is -2.09. The Kier molecular flexibility index (Phi) is 2.96. The highest BCUT2D eigenvalue weighted by Crippen LogP contribution is 2.31. The molecule has 0 amide bonds. The van der Waals surface area contributed by atoms with E-state index >= 15 is 0 Å². The van der Waals surface area contributed by atoms with Crippen LogP contribution >= 0.6 is 11.6 Å². The van der Waals surface area contributed by atoms with Crippen LogP contribution in [-0.4, -0.2) is 4.98 Å². The Balaban J connectivity index is 3.24. The number of hydrogen-bond donors (Lipinski definition) is 0. The Bertz CT molecular complexity index is 381. The van der Waals surface area contributed by atoms with Crippen LogP contribution < -0.4 is 0 Å². The maximum Gasteiger partial charge on any atom is 0.433 e. The van der Waals surface area contributed by atoms with Crippen LogP contribution in [0.5, 0.6) is 0 Å². The molecule has 0 aliphatic rings. The molecule has 2 nitrogen and oxygen atoms in total. The molecule has 0 N–H and O–H groups in total. The zero-order chi connectivity index (χ0) is 10.8. The summed E-state index contributed by atoms with van der Waals surface area (Å²) in [6.45, 7) is 0. The first-order chi connectivity index (χ1) is 6.45. The first kappa shape index (κ1) is 10.8. The summed E-state index contributed by atoms with van der Waals surface area (Å²) in [6.07, 6.45) is -4.91. The Morgan fingerprint density at radius 2 is 2.07 bits per heavy atom. The van der Waals surface area contributed by atoms with Gasteiger partial charge in [-0.15, -0.1) is 0 Å². The highest BCUT2D eigenvalue weighted by molar-refractivity contribution is 6.29.